The maximum Gasteiger partial charge on any atom is 0.305 e. The smallest absolute Gasteiger partial charge is 0.305 e. The molecule has 0 amide bonds. The molecule has 0 aliphatic heterocycles. The number of esters is 1. The van der Waals surface area contributed by atoms with Crippen LogP contribution in [-0.2, 0) is 19.1 Å². The van der Waals surface area contributed by atoms with Gasteiger partial charge in [-0.05, 0) is 19.8 Å². The number of carbonyl (C=O) groups excluding carboxylic acids is 1. The number of rotatable bonds is 11. The van der Waals surface area contributed by atoms with Crippen molar-refractivity contribution in [3.8, 4) is 0 Å². The Balaban J connectivity index is 3.20. The molecule has 0 heterocycles. The van der Waals surface area contributed by atoms with Crippen LogP contribution < -0.4 is 0 Å². The molecule has 0 fully saturated rings. The molecule has 0 saturated carbocycles. The van der Waals surface area contributed by atoms with Gasteiger partial charge in [-0.2, -0.15) is 0 Å². The maximum atomic E-state index is 11.2. The molecule has 0 rings (SSSR count). The van der Waals surface area contributed by atoms with Crippen molar-refractivity contribution < 1.29 is 24.2 Å². The van der Waals surface area contributed by atoms with Crippen molar-refractivity contribution >= 4 is 11.9 Å². The molecule has 0 bridgehead atoms. The molecule has 0 saturated heterocycles. The highest BCUT2D eigenvalue weighted by Crippen LogP contribution is 2.04. The van der Waals surface area contributed by atoms with Crippen molar-refractivity contribution in [1.29, 1.82) is 0 Å². The van der Waals surface area contributed by atoms with Crippen molar-refractivity contribution in [2.75, 3.05) is 19.8 Å². The molecule has 100 valence electrons. The Labute approximate surface area is 102 Å². The van der Waals surface area contributed by atoms with Crippen molar-refractivity contribution in [3.05, 3.63) is 0 Å². The van der Waals surface area contributed by atoms with Gasteiger partial charge in [-0.1, -0.05) is 6.42 Å². The Morgan fingerprint density at radius 1 is 1.00 bits per heavy atom. The van der Waals surface area contributed by atoms with Gasteiger partial charge < -0.3 is 14.6 Å². The standard InChI is InChI=1S/C12H22O5/c1-2-16-9-6-10-17-12(15)8-5-3-4-7-11(13)14/h2-10H2,1H3,(H,13,14). The van der Waals surface area contributed by atoms with Crippen LogP contribution >= 0.6 is 0 Å². The van der Waals surface area contributed by atoms with Crippen molar-refractivity contribution in [2.24, 2.45) is 0 Å². The SMILES string of the molecule is CCOCCCOC(=O)CCCCCC(=O)O. The van der Waals surface area contributed by atoms with Crippen LogP contribution in [0.4, 0.5) is 0 Å². The van der Waals surface area contributed by atoms with E-state index in [-0.39, 0.29) is 12.4 Å². The molecular formula is C12H22O5. The van der Waals surface area contributed by atoms with E-state index in [1.807, 2.05) is 6.92 Å². The molecule has 0 radical (unpaired) electrons. The van der Waals surface area contributed by atoms with Gasteiger partial charge in [-0.15, -0.1) is 0 Å². The molecule has 0 spiro atoms. The second-order valence-corrected chi connectivity index (χ2v) is 3.73. The fraction of sp³-hybridized carbons (Fsp3) is 0.833. The largest absolute Gasteiger partial charge is 0.481 e. The van der Waals surface area contributed by atoms with E-state index in [9.17, 15) is 9.59 Å². The van der Waals surface area contributed by atoms with E-state index in [1.54, 1.807) is 0 Å². The summed E-state index contributed by atoms with van der Waals surface area (Å²) in [6, 6.07) is 0. The first-order chi connectivity index (χ1) is 8.16. The maximum absolute atomic E-state index is 11.2. The van der Waals surface area contributed by atoms with E-state index in [4.69, 9.17) is 14.6 Å². The highest BCUT2D eigenvalue weighted by Gasteiger charge is 2.03. The third kappa shape index (κ3) is 12.8. The average molecular weight is 246 g/mol. The normalized spacial score (nSPS) is 10.2. The van der Waals surface area contributed by atoms with E-state index < -0.39 is 5.97 Å². The second kappa shape index (κ2) is 11.4. The quantitative estimate of drug-likeness (QED) is 0.446. The third-order valence-electron chi connectivity index (χ3n) is 2.17. The van der Waals surface area contributed by atoms with E-state index in [1.165, 1.54) is 0 Å². The topological polar surface area (TPSA) is 72.8 Å². The van der Waals surface area contributed by atoms with Crippen LogP contribution in [0.5, 0.6) is 0 Å². The summed E-state index contributed by atoms with van der Waals surface area (Å²) in [4.78, 5) is 21.4. The van der Waals surface area contributed by atoms with Crippen molar-refractivity contribution in [2.45, 2.75) is 45.4 Å². The number of unbranched alkanes of at least 4 members (excludes halogenated alkanes) is 2. The fourth-order valence-corrected chi connectivity index (χ4v) is 1.29. The molecule has 0 aliphatic rings. The van der Waals surface area contributed by atoms with Gasteiger partial charge >= 0.3 is 11.9 Å². The summed E-state index contributed by atoms with van der Waals surface area (Å²) in [6.07, 6.45) is 3.32. The Kier molecular flexibility index (Phi) is 10.7. The number of carboxylic acids is 1. The van der Waals surface area contributed by atoms with Crippen LogP contribution in [0.3, 0.4) is 0 Å². The Morgan fingerprint density at radius 3 is 2.35 bits per heavy atom. The van der Waals surface area contributed by atoms with Gasteiger partial charge in [0, 0.05) is 32.5 Å². The molecular weight excluding hydrogens is 224 g/mol. The lowest BCUT2D eigenvalue weighted by Crippen LogP contribution is -2.07. The number of carbonyl (C=O) groups is 2. The van der Waals surface area contributed by atoms with Gasteiger partial charge in [0.1, 0.15) is 0 Å². The van der Waals surface area contributed by atoms with Crippen molar-refractivity contribution in [1.82, 2.24) is 0 Å². The third-order valence-corrected chi connectivity index (χ3v) is 2.17. The summed E-state index contributed by atoms with van der Waals surface area (Å²) >= 11 is 0. The zero-order chi connectivity index (χ0) is 12.9. The monoisotopic (exact) mass is 246 g/mol. The molecule has 0 aromatic heterocycles. The van der Waals surface area contributed by atoms with Crippen LogP contribution in [0.15, 0.2) is 0 Å². The fourth-order valence-electron chi connectivity index (χ4n) is 1.29. The predicted molar refractivity (Wildman–Crippen MR) is 62.8 cm³/mol. The highest BCUT2D eigenvalue weighted by molar-refractivity contribution is 5.69. The number of carboxylic acid groups (broad SMARTS) is 1. The molecule has 0 unspecified atom stereocenters. The Hall–Kier alpha value is -1.10. The minimum absolute atomic E-state index is 0.170. The van der Waals surface area contributed by atoms with Gasteiger partial charge in [0.15, 0.2) is 0 Å². The molecule has 1 N–H and O–H groups in total. The summed E-state index contributed by atoms with van der Waals surface area (Å²) in [5.74, 6) is -1.000. The number of aliphatic carboxylic acids is 1. The van der Waals surface area contributed by atoms with Gasteiger partial charge in [0.2, 0.25) is 0 Å². The first-order valence-corrected chi connectivity index (χ1v) is 6.12. The molecule has 0 aliphatic carbocycles. The Morgan fingerprint density at radius 2 is 1.71 bits per heavy atom. The molecule has 0 atom stereocenters. The zero-order valence-corrected chi connectivity index (χ0v) is 10.4. The van der Waals surface area contributed by atoms with Gasteiger partial charge in [0.25, 0.3) is 0 Å². The van der Waals surface area contributed by atoms with Crippen LogP contribution in [0.2, 0.25) is 0 Å². The lowest BCUT2D eigenvalue weighted by Gasteiger charge is -2.04. The number of hydrogen-bond acceptors (Lipinski definition) is 4. The van der Waals surface area contributed by atoms with Gasteiger partial charge in [-0.25, -0.2) is 0 Å². The highest BCUT2D eigenvalue weighted by atomic mass is 16.5. The van der Waals surface area contributed by atoms with Crippen LogP contribution in [0.25, 0.3) is 0 Å². The average Bonchev–Trinajstić information content (AvgIpc) is 2.28. The summed E-state index contributed by atoms with van der Waals surface area (Å²) < 4.78 is 10.1. The minimum Gasteiger partial charge on any atom is -0.481 e. The predicted octanol–water partition coefficient (Wildman–Crippen LogP) is 1.99. The lowest BCUT2D eigenvalue weighted by atomic mass is 10.1. The van der Waals surface area contributed by atoms with E-state index >= 15 is 0 Å². The van der Waals surface area contributed by atoms with Gasteiger partial charge in [-0.3, -0.25) is 9.59 Å². The summed E-state index contributed by atoms with van der Waals surface area (Å²) in [5.41, 5.74) is 0. The number of ether oxygens (including phenoxy) is 2. The molecule has 0 aromatic carbocycles. The van der Waals surface area contributed by atoms with Crippen LogP contribution in [0.1, 0.15) is 45.4 Å². The molecule has 17 heavy (non-hydrogen) atoms. The van der Waals surface area contributed by atoms with Crippen LogP contribution in [0, 0.1) is 0 Å². The number of hydrogen-bond donors (Lipinski definition) is 1. The van der Waals surface area contributed by atoms with E-state index in [2.05, 4.69) is 0 Å². The Bertz CT molecular complexity index is 215. The first-order valence-electron chi connectivity index (χ1n) is 6.12. The minimum atomic E-state index is -0.788. The molecule has 5 heteroatoms. The van der Waals surface area contributed by atoms with Gasteiger partial charge in [0.05, 0.1) is 6.61 Å². The summed E-state index contributed by atoms with van der Waals surface area (Å²) in [6.45, 7) is 3.61. The molecule has 0 aromatic rings. The summed E-state index contributed by atoms with van der Waals surface area (Å²) in [7, 11) is 0. The first kappa shape index (κ1) is 15.9. The van der Waals surface area contributed by atoms with Crippen LogP contribution in [-0.4, -0.2) is 36.9 Å². The lowest BCUT2D eigenvalue weighted by molar-refractivity contribution is -0.144. The second-order valence-electron chi connectivity index (χ2n) is 3.73. The van der Waals surface area contributed by atoms with E-state index in [0.717, 1.165) is 12.8 Å². The zero-order valence-electron chi connectivity index (χ0n) is 10.4. The molecule has 5 nitrogen and oxygen atoms in total. The van der Waals surface area contributed by atoms with Crippen molar-refractivity contribution in [3.63, 3.8) is 0 Å². The van der Waals surface area contributed by atoms with E-state index in [0.29, 0.717) is 39.1 Å². The summed E-state index contributed by atoms with van der Waals surface area (Å²) in [5, 5.41) is 8.41.